The number of aromatic nitrogens is 2. The summed E-state index contributed by atoms with van der Waals surface area (Å²) in [5.41, 5.74) is 0. The standard InChI is InChI=1S/C13H22ClN3O/c1-9(2)6-5-7-10(3)16-12-11(14)8-15-13(17-12)18-4/h8-10H,5-7H2,1-4H3,(H,15,16,17). The van der Waals surface area contributed by atoms with E-state index in [1.54, 1.807) is 13.3 Å². The highest BCUT2D eigenvalue weighted by Gasteiger charge is 2.09. The molecule has 0 fully saturated rings. The number of hydrogen-bond acceptors (Lipinski definition) is 4. The fourth-order valence-corrected chi connectivity index (χ4v) is 1.83. The molecule has 1 N–H and O–H groups in total. The molecule has 0 aliphatic heterocycles. The zero-order chi connectivity index (χ0) is 13.5. The predicted octanol–water partition coefficient (Wildman–Crippen LogP) is 3.77. The van der Waals surface area contributed by atoms with Crippen LogP contribution in [-0.2, 0) is 0 Å². The first kappa shape index (κ1) is 15.0. The summed E-state index contributed by atoms with van der Waals surface area (Å²) >= 11 is 6.04. The summed E-state index contributed by atoms with van der Waals surface area (Å²) in [6, 6.07) is 0.664. The average molecular weight is 272 g/mol. The van der Waals surface area contributed by atoms with Crippen molar-refractivity contribution in [2.75, 3.05) is 12.4 Å². The van der Waals surface area contributed by atoms with Crippen molar-refractivity contribution < 1.29 is 4.74 Å². The zero-order valence-electron chi connectivity index (χ0n) is 11.5. The number of rotatable bonds is 7. The second-order valence-corrected chi connectivity index (χ2v) is 5.33. The summed E-state index contributed by atoms with van der Waals surface area (Å²) < 4.78 is 4.98. The highest BCUT2D eigenvalue weighted by atomic mass is 35.5. The van der Waals surface area contributed by atoms with Gasteiger partial charge in [0.05, 0.1) is 13.3 Å². The van der Waals surface area contributed by atoms with Gasteiger partial charge in [-0.05, 0) is 19.3 Å². The van der Waals surface area contributed by atoms with Gasteiger partial charge in [0.1, 0.15) is 5.02 Å². The molecule has 0 saturated heterocycles. The lowest BCUT2D eigenvalue weighted by atomic mass is 10.0. The normalized spacial score (nSPS) is 12.6. The minimum Gasteiger partial charge on any atom is -0.467 e. The van der Waals surface area contributed by atoms with Crippen LogP contribution in [0.2, 0.25) is 5.02 Å². The van der Waals surface area contributed by atoms with Crippen LogP contribution in [0.5, 0.6) is 6.01 Å². The van der Waals surface area contributed by atoms with E-state index in [-0.39, 0.29) is 0 Å². The average Bonchev–Trinajstić information content (AvgIpc) is 2.31. The molecule has 1 unspecified atom stereocenters. The highest BCUT2D eigenvalue weighted by Crippen LogP contribution is 2.22. The molecule has 0 radical (unpaired) electrons. The van der Waals surface area contributed by atoms with E-state index in [1.165, 1.54) is 12.8 Å². The van der Waals surface area contributed by atoms with E-state index < -0.39 is 0 Å². The summed E-state index contributed by atoms with van der Waals surface area (Å²) in [6.07, 6.45) is 5.09. The molecule has 0 amide bonds. The van der Waals surface area contributed by atoms with Crippen molar-refractivity contribution in [1.29, 1.82) is 0 Å². The van der Waals surface area contributed by atoms with Crippen molar-refractivity contribution in [3.63, 3.8) is 0 Å². The first-order valence-corrected chi connectivity index (χ1v) is 6.73. The largest absolute Gasteiger partial charge is 0.467 e. The molecule has 0 bridgehead atoms. The van der Waals surface area contributed by atoms with E-state index in [1.807, 2.05) is 0 Å². The number of halogens is 1. The number of nitrogens with one attached hydrogen (secondary N) is 1. The van der Waals surface area contributed by atoms with Crippen molar-refractivity contribution in [3.8, 4) is 6.01 Å². The Hall–Kier alpha value is -1.03. The van der Waals surface area contributed by atoms with Crippen LogP contribution in [0.25, 0.3) is 0 Å². The first-order valence-electron chi connectivity index (χ1n) is 6.36. The van der Waals surface area contributed by atoms with Crippen LogP contribution in [-0.4, -0.2) is 23.1 Å². The Labute approximate surface area is 114 Å². The molecule has 4 nitrogen and oxygen atoms in total. The zero-order valence-corrected chi connectivity index (χ0v) is 12.3. The second kappa shape index (κ2) is 7.41. The Bertz CT molecular complexity index is 371. The van der Waals surface area contributed by atoms with Gasteiger partial charge in [-0.3, -0.25) is 0 Å². The van der Waals surface area contributed by atoms with Crippen LogP contribution in [0.3, 0.4) is 0 Å². The summed E-state index contributed by atoms with van der Waals surface area (Å²) in [6.45, 7) is 6.61. The quantitative estimate of drug-likeness (QED) is 0.820. The summed E-state index contributed by atoms with van der Waals surface area (Å²) in [5, 5.41) is 3.82. The van der Waals surface area contributed by atoms with E-state index in [0.29, 0.717) is 22.9 Å². The molecular formula is C13H22ClN3O. The maximum absolute atomic E-state index is 6.04. The van der Waals surface area contributed by atoms with Crippen molar-refractivity contribution in [1.82, 2.24) is 9.97 Å². The van der Waals surface area contributed by atoms with Crippen LogP contribution in [0, 0.1) is 5.92 Å². The Morgan fingerprint density at radius 3 is 2.67 bits per heavy atom. The Morgan fingerprint density at radius 1 is 1.33 bits per heavy atom. The van der Waals surface area contributed by atoms with Gasteiger partial charge in [0.25, 0.3) is 0 Å². The molecule has 18 heavy (non-hydrogen) atoms. The van der Waals surface area contributed by atoms with Gasteiger partial charge in [-0.25, -0.2) is 4.98 Å². The molecule has 0 aliphatic carbocycles. The van der Waals surface area contributed by atoms with Gasteiger partial charge in [0.2, 0.25) is 0 Å². The lowest BCUT2D eigenvalue weighted by Crippen LogP contribution is -2.16. The third-order valence-corrected chi connectivity index (χ3v) is 2.98. The minimum absolute atomic E-state index is 0.330. The van der Waals surface area contributed by atoms with Crippen molar-refractivity contribution in [2.45, 2.75) is 46.1 Å². The topological polar surface area (TPSA) is 47.0 Å². The first-order chi connectivity index (χ1) is 8.52. The van der Waals surface area contributed by atoms with Crippen molar-refractivity contribution in [3.05, 3.63) is 11.2 Å². The van der Waals surface area contributed by atoms with Gasteiger partial charge in [-0.15, -0.1) is 0 Å². The van der Waals surface area contributed by atoms with Gasteiger partial charge in [-0.1, -0.05) is 38.3 Å². The number of nitrogens with zero attached hydrogens (tertiary/aromatic N) is 2. The van der Waals surface area contributed by atoms with Gasteiger partial charge in [0.15, 0.2) is 5.82 Å². The van der Waals surface area contributed by atoms with E-state index in [0.717, 1.165) is 12.3 Å². The lowest BCUT2D eigenvalue weighted by Gasteiger charge is -2.16. The third kappa shape index (κ3) is 5.08. The molecule has 1 aromatic rings. The smallest absolute Gasteiger partial charge is 0.318 e. The van der Waals surface area contributed by atoms with E-state index >= 15 is 0 Å². The monoisotopic (exact) mass is 271 g/mol. The van der Waals surface area contributed by atoms with E-state index in [9.17, 15) is 0 Å². The number of methoxy groups -OCH3 is 1. The molecule has 1 atom stereocenters. The molecule has 0 aliphatic rings. The highest BCUT2D eigenvalue weighted by molar-refractivity contribution is 6.32. The van der Waals surface area contributed by atoms with Crippen LogP contribution in [0.4, 0.5) is 5.82 Å². The fraction of sp³-hybridized carbons (Fsp3) is 0.692. The SMILES string of the molecule is COc1ncc(Cl)c(NC(C)CCCC(C)C)n1. The third-order valence-electron chi connectivity index (χ3n) is 2.71. The molecule has 102 valence electrons. The van der Waals surface area contributed by atoms with Gasteiger partial charge in [0, 0.05) is 6.04 Å². The summed E-state index contributed by atoms with van der Waals surface area (Å²) in [7, 11) is 1.54. The predicted molar refractivity (Wildman–Crippen MR) is 75.4 cm³/mol. The van der Waals surface area contributed by atoms with Crippen LogP contribution in [0.15, 0.2) is 6.20 Å². The molecular weight excluding hydrogens is 250 g/mol. The number of ether oxygens (including phenoxy) is 1. The van der Waals surface area contributed by atoms with Gasteiger partial charge in [-0.2, -0.15) is 4.98 Å². The maximum atomic E-state index is 6.04. The maximum Gasteiger partial charge on any atom is 0.318 e. The molecule has 1 heterocycles. The Kier molecular flexibility index (Phi) is 6.19. The molecule has 1 aromatic heterocycles. The van der Waals surface area contributed by atoms with Crippen molar-refractivity contribution >= 4 is 17.4 Å². The Balaban J connectivity index is 2.50. The summed E-state index contributed by atoms with van der Waals surface area (Å²) in [4.78, 5) is 8.14. The van der Waals surface area contributed by atoms with Crippen LogP contribution >= 0.6 is 11.6 Å². The van der Waals surface area contributed by atoms with Gasteiger partial charge < -0.3 is 10.1 Å². The molecule has 0 aromatic carbocycles. The summed E-state index contributed by atoms with van der Waals surface area (Å²) in [5.74, 6) is 1.39. The number of hydrogen-bond donors (Lipinski definition) is 1. The fourth-order valence-electron chi connectivity index (χ4n) is 1.69. The second-order valence-electron chi connectivity index (χ2n) is 4.92. The molecule has 5 heteroatoms. The molecule has 1 rings (SSSR count). The lowest BCUT2D eigenvalue weighted by molar-refractivity contribution is 0.380. The molecule has 0 spiro atoms. The van der Waals surface area contributed by atoms with E-state index in [4.69, 9.17) is 16.3 Å². The van der Waals surface area contributed by atoms with Crippen molar-refractivity contribution in [2.24, 2.45) is 5.92 Å². The number of anilines is 1. The Morgan fingerprint density at radius 2 is 2.06 bits per heavy atom. The van der Waals surface area contributed by atoms with Crippen LogP contribution in [0.1, 0.15) is 40.0 Å². The van der Waals surface area contributed by atoms with Gasteiger partial charge >= 0.3 is 6.01 Å². The van der Waals surface area contributed by atoms with Crippen LogP contribution < -0.4 is 10.1 Å². The minimum atomic E-state index is 0.330. The molecule has 0 saturated carbocycles. The van der Waals surface area contributed by atoms with E-state index in [2.05, 4.69) is 36.1 Å².